The first kappa shape index (κ1) is 15.9. The lowest BCUT2D eigenvalue weighted by Gasteiger charge is -2.13. The SMILES string of the molecule is CCCOCCOC(C)C(=O)c1ccc(C)c(C)c1. The van der Waals surface area contributed by atoms with E-state index in [4.69, 9.17) is 9.47 Å². The van der Waals surface area contributed by atoms with E-state index in [1.165, 1.54) is 5.56 Å². The van der Waals surface area contributed by atoms with Gasteiger partial charge in [0, 0.05) is 12.2 Å². The Morgan fingerprint density at radius 2 is 1.89 bits per heavy atom. The molecule has 1 unspecified atom stereocenters. The monoisotopic (exact) mass is 264 g/mol. The number of hydrogen-bond donors (Lipinski definition) is 0. The standard InChI is InChI=1S/C16H24O3/c1-5-8-18-9-10-19-14(4)16(17)15-7-6-12(2)13(3)11-15/h6-7,11,14H,5,8-10H2,1-4H3. The van der Waals surface area contributed by atoms with Gasteiger partial charge in [0.15, 0.2) is 5.78 Å². The summed E-state index contributed by atoms with van der Waals surface area (Å²) in [6.07, 6.45) is 0.573. The normalized spacial score (nSPS) is 12.4. The van der Waals surface area contributed by atoms with E-state index in [0.29, 0.717) is 18.8 Å². The van der Waals surface area contributed by atoms with Gasteiger partial charge in [-0.3, -0.25) is 4.79 Å². The third-order valence-corrected chi connectivity index (χ3v) is 3.10. The van der Waals surface area contributed by atoms with Crippen LogP contribution in [0.15, 0.2) is 18.2 Å². The van der Waals surface area contributed by atoms with Crippen LogP contribution in [0.25, 0.3) is 0 Å². The second-order valence-electron chi connectivity index (χ2n) is 4.79. The van der Waals surface area contributed by atoms with Gasteiger partial charge in [0.1, 0.15) is 6.10 Å². The molecule has 0 fully saturated rings. The van der Waals surface area contributed by atoms with Crippen LogP contribution in [0.2, 0.25) is 0 Å². The van der Waals surface area contributed by atoms with Crippen molar-refractivity contribution in [2.75, 3.05) is 19.8 Å². The zero-order valence-corrected chi connectivity index (χ0v) is 12.4. The molecule has 0 saturated carbocycles. The Morgan fingerprint density at radius 3 is 2.53 bits per heavy atom. The molecule has 0 aliphatic carbocycles. The van der Waals surface area contributed by atoms with Crippen LogP contribution >= 0.6 is 0 Å². The number of rotatable bonds is 8. The molecule has 0 heterocycles. The van der Waals surface area contributed by atoms with Crippen molar-refractivity contribution in [3.63, 3.8) is 0 Å². The van der Waals surface area contributed by atoms with Crippen molar-refractivity contribution in [1.29, 1.82) is 0 Å². The summed E-state index contributed by atoms with van der Waals surface area (Å²) in [5, 5.41) is 0. The maximum absolute atomic E-state index is 12.2. The molecule has 3 nitrogen and oxygen atoms in total. The van der Waals surface area contributed by atoms with E-state index in [1.807, 2.05) is 32.0 Å². The van der Waals surface area contributed by atoms with Crippen molar-refractivity contribution < 1.29 is 14.3 Å². The average Bonchev–Trinajstić information content (AvgIpc) is 2.40. The zero-order valence-electron chi connectivity index (χ0n) is 12.4. The maximum Gasteiger partial charge on any atom is 0.191 e. The van der Waals surface area contributed by atoms with E-state index < -0.39 is 6.10 Å². The van der Waals surface area contributed by atoms with Gasteiger partial charge in [0.2, 0.25) is 0 Å². The Morgan fingerprint density at radius 1 is 1.16 bits per heavy atom. The summed E-state index contributed by atoms with van der Waals surface area (Å²) in [7, 11) is 0. The van der Waals surface area contributed by atoms with Crippen LogP contribution in [0.5, 0.6) is 0 Å². The third-order valence-electron chi connectivity index (χ3n) is 3.10. The fraction of sp³-hybridized carbons (Fsp3) is 0.562. The van der Waals surface area contributed by atoms with Gasteiger partial charge in [0.05, 0.1) is 13.2 Å². The summed E-state index contributed by atoms with van der Waals surface area (Å²) in [5.41, 5.74) is 3.03. The van der Waals surface area contributed by atoms with Crippen molar-refractivity contribution in [1.82, 2.24) is 0 Å². The summed E-state index contributed by atoms with van der Waals surface area (Å²) in [4.78, 5) is 12.2. The van der Waals surface area contributed by atoms with Crippen LogP contribution < -0.4 is 0 Å². The fourth-order valence-electron chi connectivity index (χ4n) is 1.74. The molecular weight excluding hydrogens is 240 g/mol. The van der Waals surface area contributed by atoms with Crippen LogP contribution in [-0.4, -0.2) is 31.7 Å². The number of aryl methyl sites for hydroxylation is 2. The molecule has 106 valence electrons. The van der Waals surface area contributed by atoms with E-state index in [1.54, 1.807) is 6.92 Å². The van der Waals surface area contributed by atoms with E-state index >= 15 is 0 Å². The summed E-state index contributed by atoms with van der Waals surface area (Å²) in [6, 6.07) is 5.75. The molecule has 0 aliphatic heterocycles. The summed E-state index contributed by atoms with van der Waals surface area (Å²) in [6.45, 7) is 9.63. The lowest BCUT2D eigenvalue weighted by atomic mass is 10.0. The number of Topliss-reactive ketones (excluding diaryl/α,β-unsaturated/α-hetero) is 1. The van der Waals surface area contributed by atoms with Crippen molar-refractivity contribution >= 4 is 5.78 Å². The molecule has 0 saturated heterocycles. The van der Waals surface area contributed by atoms with Crippen molar-refractivity contribution in [2.45, 2.75) is 40.2 Å². The average molecular weight is 264 g/mol. The number of ketones is 1. The topological polar surface area (TPSA) is 35.5 Å². The highest BCUT2D eigenvalue weighted by Crippen LogP contribution is 2.12. The van der Waals surface area contributed by atoms with E-state index in [9.17, 15) is 4.79 Å². The molecule has 0 bridgehead atoms. The number of ether oxygens (including phenoxy) is 2. The van der Waals surface area contributed by atoms with Crippen LogP contribution in [0.4, 0.5) is 0 Å². The summed E-state index contributed by atoms with van der Waals surface area (Å²) in [5.74, 6) is 0.0265. The van der Waals surface area contributed by atoms with Gasteiger partial charge in [-0.2, -0.15) is 0 Å². The lowest BCUT2D eigenvalue weighted by molar-refractivity contribution is 0.0150. The van der Waals surface area contributed by atoms with Gasteiger partial charge in [-0.05, 0) is 44.4 Å². The Kier molecular flexibility index (Phi) is 6.74. The third kappa shape index (κ3) is 5.13. The van der Waals surface area contributed by atoms with E-state index in [2.05, 4.69) is 6.92 Å². The first-order valence-corrected chi connectivity index (χ1v) is 6.87. The van der Waals surface area contributed by atoms with Crippen LogP contribution in [0, 0.1) is 13.8 Å². The number of carbonyl (C=O) groups excluding carboxylic acids is 1. The molecule has 3 heteroatoms. The molecule has 0 N–H and O–H groups in total. The van der Waals surface area contributed by atoms with E-state index in [0.717, 1.165) is 18.6 Å². The molecule has 0 aromatic heterocycles. The minimum absolute atomic E-state index is 0.0265. The molecule has 0 spiro atoms. The van der Waals surface area contributed by atoms with Crippen LogP contribution in [0.3, 0.4) is 0 Å². The Hall–Kier alpha value is -1.19. The van der Waals surface area contributed by atoms with Crippen LogP contribution in [0.1, 0.15) is 41.8 Å². The molecule has 0 aliphatic rings. The zero-order chi connectivity index (χ0) is 14.3. The highest BCUT2D eigenvalue weighted by molar-refractivity contribution is 5.99. The first-order chi connectivity index (χ1) is 9.06. The molecule has 0 radical (unpaired) electrons. The summed E-state index contributed by atoms with van der Waals surface area (Å²) < 4.78 is 10.8. The van der Waals surface area contributed by atoms with Gasteiger partial charge in [-0.25, -0.2) is 0 Å². The lowest BCUT2D eigenvalue weighted by Crippen LogP contribution is -2.23. The molecule has 19 heavy (non-hydrogen) atoms. The van der Waals surface area contributed by atoms with Crippen molar-refractivity contribution in [2.24, 2.45) is 0 Å². The van der Waals surface area contributed by atoms with Gasteiger partial charge in [-0.15, -0.1) is 0 Å². The number of benzene rings is 1. The molecule has 1 aromatic rings. The second-order valence-corrected chi connectivity index (χ2v) is 4.79. The minimum Gasteiger partial charge on any atom is -0.379 e. The Bertz CT molecular complexity index is 412. The molecule has 0 amide bonds. The first-order valence-electron chi connectivity index (χ1n) is 6.87. The Labute approximate surface area is 115 Å². The van der Waals surface area contributed by atoms with Crippen LogP contribution in [-0.2, 0) is 9.47 Å². The summed E-state index contributed by atoms with van der Waals surface area (Å²) >= 11 is 0. The smallest absolute Gasteiger partial charge is 0.191 e. The van der Waals surface area contributed by atoms with Gasteiger partial charge in [0.25, 0.3) is 0 Å². The largest absolute Gasteiger partial charge is 0.379 e. The highest BCUT2D eigenvalue weighted by Gasteiger charge is 2.15. The van der Waals surface area contributed by atoms with Gasteiger partial charge >= 0.3 is 0 Å². The van der Waals surface area contributed by atoms with Crippen molar-refractivity contribution in [3.8, 4) is 0 Å². The molecule has 1 rings (SSSR count). The second kappa shape index (κ2) is 8.08. The molecule has 1 aromatic carbocycles. The quantitative estimate of drug-likeness (QED) is 0.534. The van der Waals surface area contributed by atoms with Gasteiger partial charge in [-0.1, -0.05) is 19.1 Å². The number of hydrogen-bond acceptors (Lipinski definition) is 3. The molecular formula is C16H24O3. The Balaban J connectivity index is 2.45. The molecule has 1 atom stereocenters. The number of carbonyl (C=O) groups is 1. The van der Waals surface area contributed by atoms with Gasteiger partial charge < -0.3 is 9.47 Å². The fourth-order valence-corrected chi connectivity index (χ4v) is 1.74. The predicted molar refractivity (Wildman–Crippen MR) is 76.8 cm³/mol. The van der Waals surface area contributed by atoms with Crippen molar-refractivity contribution in [3.05, 3.63) is 34.9 Å². The maximum atomic E-state index is 12.2. The highest BCUT2D eigenvalue weighted by atomic mass is 16.5. The predicted octanol–water partition coefficient (Wildman–Crippen LogP) is 3.32. The minimum atomic E-state index is -0.424. The van der Waals surface area contributed by atoms with E-state index in [-0.39, 0.29) is 5.78 Å².